The van der Waals surface area contributed by atoms with Crippen LogP contribution in [-0.2, 0) is 12.8 Å². The molecule has 130 valence electrons. The highest BCUT2D eigenvalue weighted by Crippen LogP contribution is 2.13. The monoisotopic (exact) mass is 337 g/mol. The number of nitrogens with two attached hydrogens (primary N) is 1. The third-order valence-corrected chi connectivity index (χ3v) is 4.02. The standard InChI is InChI=1S/C19H23N5O/c20-18-10-19(23-8-3-1-2-6-17-12-22-14-24-17)25-13-16(18)9-15-5-4-7-21-11-15/h4-5,7,10-14H,1-3,6,8-9,20H2,(H,22,24). The molecule has 0 aromatic carbocycles. The summed E-state index contributed by atoms with van der Waals surface area (Å²) in [4.78, 5) is 15.7. The summed E-state index contributed by atoms with van der Waals surface area (Å²) in [6.45, 7) is 0.744. The summed E-state index contributed by atoms with van der Waals surface area (Å²) in [5.74, 6) is 0. The molecule has 0 saturated heterocycles. The van der Waals surface area contributed by atoms with E-state index in [1.807, 2.05) is 24.5 Å². The number of nitrogens with zero attached hydrogens (tertiary/aromatic N) is 3. The van der Waals surface area contributed by atoms with Gasteiger partial charge in [0.2, 0.25) is 5.55 Å². The number of imidazole rings is 1. The summed E-state index contributed by atoms with van der Waals surface area (Å²) < 4.78 is 5.60. The van der Waals surface area contributed by atoms with Crippen LogP contribution in [0.25, 0.3) is 0 Å². The van der Waals surface area contributed by atoms with Crippen LogP contribution in [0.15, 0.2) is 58.8 Å². The van der Waals surface area contributed by atoms with E-state index in [9.17, 15) is 0 Å². The van der Waals surface area contributed by atoms with Crippen LogP contribution in [0.1, 0.15) is 36.1 Å². The first-order valence-electron chi connectivity index (χ1n) is 8.55. The van der Waals surface area contributed by atoms with Crippen molar-refractivity contribution in [3.05, 3.63) is 71.8 Å². The van der Waals surface area contributed by atoms with E-state index in [1.165, 1.54) is 5.69 Å². The van der Waals surface area contributed by atoms with Gasteiger partial charge in [-0.05, 0) is 30.9 Å². The van der Waals surface area contributed by atoms with Gasteiger partial charge < -0.3 is 15.1 Å². The van der Waals surface area contributed by atoms with Gasteiger partial charge in [0.15, 0.2) is 0 Å². The van der Waals surface area contributed by atoms with Gasteiger partial charge in [-0.1, -0.05) is 12.5 Å². The molecule has 0 aliphatic carbocycles. The lowest BCUT2D eigenvalue weighted by Crippen LogP contribution is -2.07. The van der Waals surface area contributed by atoms with Gasteiger partial charge in [0, 0.05) is 54.6 Å². The molecule has 0 radical (unpaired) electrons. The van der Waals surface area contributed by atoms with Gasteiger partial charge in [-0.2, -0.15) is 0 Å². The Bertz CT molecular complexity index is 825. The van der Waals surface area contributed by atoms with Gasteiger partial charge >= 0.3 is 0 Å². The number of H-pyrrole nitrogens is 1. The Morgan fingerprint density at radius 3 is 2.88 bits per heavy atom. The van der Waals surface area contributed by atoms with Crippen molar-refractivity contribution >= 4 is 5.69 Å². The van der Waals surface area contributed by atoms with Gasteiger partial charge in [-0.15, -0.1) is 0 Å². The van der Waals surface area contributed by atoms with E-state index in [4.69, 9.17) is 10.2 Å². The van der Waals surface area contributed by atoms with Gasteiger partial charge in [0.25, 0.3) is 0 Å². The largest absolute Gasteiger partial charge is 0.447 e. The van der Waals surface area contributed by atoms with Crippen LogP contribution in [0.3, 0.4) is 0 Å². The summed E-state index contributed by atoms with van der Waals surface area (Å²) in [6, 6.07) is 5.74. The number of hydrogen-bond donors (Lipinski definition) is 2. The average Bonchev–Trinajstić information content (AvgIpc) is 3.14. The predicted octanol–water partition coefficient (Wildman–Crippen LogP) is 2.88. The van der Waals surface area contributed by atoms with E-state index in [0.29, 0.717) is 17.7 Å². The van der Waals surface area contributed by atoms with Crippen molar-refractivity contribution < 1.29 is 4.42 Å². The topological polar surface area (TPSA) is 93.1 Å². The summed E-state index contributed by atoms with van der Waals surface area (Å²) in [6.07, 6.45) is 13.9. The molecule has 3 N–H and O–H groups in total. The number of nitrogens with one attached hydrogen (secondary N) is 1. The van der Waals surface area contributed by atoms with Crippen LogP contribution >= 0.6 is 0 Å². The van der Waals surface area contributed by atoms with E-state index in [-0.39, 0.29) is 0 Å². The smallest absolute Gasteiger partial charge is 0.215 e. The van der Waals surface area contributed by atoms with Crippen molar-refractivity contribution in [1.29, 1.82) is 0 Å². The summed E-state index contributed by atoms with van der Waals surface area (Å²) >= 11 is 0. The first-order chi connectivity index (χ1) is 12.3. The van der Waals surface area contributed by atoms with Gasteiger partial charge in [0.1, 0.15) is 0 Å². The van der Waals surface area contributed by atoms with Crippen LogP contribution in [0.5, 0.6) is 0 Å². The summed E-state index contributed by atoms with van der Waals surface area (Å²) in [7, 11) is 0. The number of aryl methyl sites for hydroxylation is 1. The minimum atomic E-state index is 0.584. The van der Waals surface area contributed by atoms with Crippen LogP contribution in [0.4, 0.5) is 5.69 Å². The minimum Gasteiger partial charge on any atom is -0.447 e. The van der Waals surface area contributed by atoms with Crippen LogP contribution in [0.2, 0.25) is 0 Å². The Balaban J connectivity index is 1.47. The minimum absolute atomic E-state index is 0.584. The van der Waals surface area contributed by atoms with Crippen molar-refractivity contribution in [3.63, 3.8) is 0 Å². The number of rotatable bonds is 8. The molecule has 3 heterocycles. The normalized spacial score (nSPS) is 11.8. The molecule has 6 heteroatoms. The molecule has 0 amide bonds. The molecule has 0 spiro atoms. The lowest BCUT2D eigenvalue weighted by Gasteiger charge is -2.04. The molecule has 3 aromatic rings. The summed E-state index contributed by atoms with van der Waals surface area (Å²) in [5.41, 5.74) is 10.6. The third-order valence-electron chi connectivity index (χ3n) is 4.02. The van der Waals surface area contributed by atoms with Crippen LogP contribution < -0.4 is 11.3 Å². The number of anilines is 1. The van der Waals surface area contributed by atoms with Crippen molar-refractivity contribution in [1.82, 2.24) is 15.0 Å². The Labute approximate surface area is 146 Å². The maximum atomic E-state index is 6.13. The Kier molecular flexibility index (Phi) is 5.98. The van der Waals surface area contributed by atoms with Gasteiger partial charge in [0.05, 0.1) is 12.6 Å². The number of aromatic nitrogens is 3. The number of hydrogen-bond acceptors (Lipinski definition) is 5. The SMILES string of the molecule is Nc1cc(=NCCCCCc2cnc[nH]2)occ1Cc1cccnc1. The first-order valence-corrected chi connectivity index (χ1v) is 8.55. The number of unbranched alkanes of at least 4 members (excludes halogenated alkanes) is 2. The van der Waals surface area contributed by atoms with Gasteiger partial charge in [-0.3, -0.25) is 9.98 Å². The lowest BCUT2D eigenvalue weighted by molar-refractivity contribution is 0.482. The molecular weight excluding hydrogens is 314 g/mol. The molecule has 3 aromatic heterocycles. The molecule has 0 bridgehead atoms. The Morgan fingerprint density at radius 1 is 1.16 bits per heavy atom. The highest BCUT2D eigenvalue weighted by molar-refractivity contribution is 5.45. The quantitative estimate of drug-likeness (QED) is 0.618. The van der Waals surface area contributed by atoms with E-state index in [0.717, 1.165) is 43.4 Å². The molecule has 0 fully saturated rings. The second-order valence-corrected chi connectivity index (χ2v) is 6.01. The van der Waals surface area contributed by atoms with Gasteiger partial charge in [-0.25, -0.2) is 4.98 Å². The fourth-order valence-electron chi connectivity index (χ4n) is 2.62. The Morgan fingerprint density at radius 2 is 2.12 bits per heavy atom. The van der Waals surface area contributed by atoms with E-state index < -0.39 is 0 Å². The molecule has 25 heavy (non-hydrogen) atoms. The molecule has 0 unspecified atom stereocenters. The zero-order valence-electron chi connectivity index (χ0n) is 14.2. The second-order valence-electron chi connectivity index (χ2n) is 6.01. The average molecular weight is 337 g/mol. The zero-order chi connectivity index (χ0) is 17.3. The van der Waals surface area contributed by atoms with Crippen LogP contribution in [-0.4, -0.2) is 21.5 Å². The maximum Gasteiger partial charge on any atom is 0.215 e. The number of aromatic amines is 1. The lowest BCUT2D eigenvalue weighted by atomic mass is 10.1. The highest BCUT2D eigenvalue weighted by Gasteiger charge is 2.02. The Hall–Kier alpha value is -2.89. The summed E-state index contributed by atoms with van der Waals surface area (Å²) in [5, 5.41) is 0. The number of pyridine rings is 1. The fraction of sp³-hybridized carbons (Fsp3) is 0.316. The molecule has 0 aliphatic rings. The second kappa shape index (κ2) is 8.82. The molecule has 0 saturated carbocycles. The van der Waals surface area contributed by atoms with E-state index in [1.54, 1.807) is 24.9 Å². The molecular formula is C19H23N5O. The highest BCUT2D eigenvalue weighted by atomic mass is 16.3. The predicted molar refractivity (Wildman–Crippen MR) is 96.7 cm³/mol. The maximum absolute atomic E-state index is 6.13. The molecule has 0 aliphatic heterocycles. The van der Waals surface area contributed by atoms with E-state index >= 15 is 0 Å². The fourth-order valence-corrected chi connectivity index (χ4v) is 2.62. The first kappa shape index (κ1) is 17.0. The van der Waals surface area contributed by atoms with E-state index in [2.05, 4.69) is 19.9 Å². The van der Waals surface area contributed by atoms with Crippen molar-refractivity contribution in [3.8, 4) is 0 Å². The van der Waals surface area contributed by atoms with Crippen molar-refractivity contribution in [2.24, 2.45) is 4.99 Å². The van der Waals surface area contributed by atoms with Crippen molar-refractivity contribution in [2.75, 3.05) is 12.3 Å². The number of nitrogen functional groups attached to an aromatic ring is 1. The molecule has 0 atom stereocenters. The molecule has 3 rings (SSSR count). The van der Waals surface area contributed by atoms with Crippen molar-refractivity contribution in [2.45, 2.75) is 32.1 Å². The molecule has 6 nitrogen and oxygen atoms in total. The van der Waals surface area contributed by atoms with Crippen LogP contribution in [0, 0.1) is 0 Å². The zero-order valence-corrected chi connectivity index (χ0v) is 14.2. The third kappa shape index (κ3) is 5.31.